The van der Waals surface area contributed by atoms with Crippen LogP contribution in [0.3, 0.4) is 0 Å². The van der Waals surface area contributed by atoms with Gasteiger partial charge in [-0.2, -0.15) is 0 Å². The van der Waals surface area contributed by atoms with Crippen molar-refractivity contribution in [1.29, 1.82) is 0 Å². The first-order valence-corrected chi connectivity index (χ1v) is 2.89. The van der Waals surface area contributed by atoms with Gasteiger partial charge in [-0.1, -0.05) is 0 Å². The number of carbonyl (C=O) groups is 1. The molecule has 0 radical (unpaired) electrons. The van der Waals surface area contributed by atoms with E-state index >= 15 is 0 Å². The largest absolute Gasteiger partial charge is 0.460 e. The van der Waals surface area contributed by atoms with E-state index in [9.17, 15) is 4.79 Å². The molecule has 3 heteroatoms. The van der Waals surface area contributed by atoms with Crippen LogP contribution < -0.4 is 0 Å². The summed E-state index contributed by atoms with van der Waals surface area (Å²) in [6, 6.07) is 0. The third-order valence-corrected chi connectivity index (χ3v) is 1.03. The van der Waals surface area contributed by atoms with Crippen LogP contribution in [0.2, 0.25) is 0 Å². The summed E-state index contributed by atoms with van der Waals surface area (Å²) in [4.78, 5) is 10.2. The van der Waals surface area contributed by atoms with E-state index in [1.807, 2.05) is 0 Å². The van der Waals surface area contributed by atoms with Crippen LogP contribution >= 0.6 is 0 Å². The fraction of sp³-hybridized carbons (Fsp3) is 0.833. The van der Waals surface area contributed by atoms with Gasteiger partial charge in [-0.15, -0.1) is 0 Å². The van der Waals surface area contributed by atoms with Gasteiger partial charge >= 0.3 is 5.97 Å². The topological polar surface area (TPSA) is 46.5 Å². The molecule has 0 aromatic heterocycles. The van der Waals surface area contributed by atoms with Crippen LogP contribution in [-0.4, -0.2) is 23.3 Å². The van der Waals surface area contributed by atoms with Gasteiger partial charge < -0.3 is 9.84 Å². The average molecular weight is 132 g/mol. The summed E-state index contributed by atoms with van der Waals surface area (Å²) >= 11 is 0. The Kier molecular flexibility index (Phi) is 3.24. The monoisotopic (exact) mass is 132 g/mol. The SMILES string of the molecule is CC(=O)O[C@H](C)[C@H](C)O. The van der Waals surface area contributed by atoms with Crippen molar-refractivity contribution in [2.24, 2.45) is 0 Å². The smallest absolute Gasteiger partial charge is 0.302 e. The van der Waals surface area contributed by atoms with Crippen LogP contribution in [0.4, 0.5) is 0 Å². The molecule has 0 rings (SSSR count). The highest BCUT2D eigenvalue weighted by atomic mass is 16.6. The summed E-state index contributed by atoms with van der Waals surface area (Å²) < 4.78 is 4.62. The Bertz CT molecular complexity index is 98.5. The van der Waals surface area contributed by atoms with Gasteiger partial charge in [0.2, 0.25) is 0 Å². The van der Waals surface area contributed by atoms with Gasteiger partial charge in [-0.25, -0.2) is 0 Å². The molecule has 0 heterocycles. The number of ether oxygens (including phenoxy) is 1. The Morgan fingerprint density at radius 1 is 1.56 bits per heavy atom. The fourth-order valence-corrected chi connectivity index (χ4v) is 0.360. The summed E-state index contributed by atoms with van der Waals surface area (Å²) in [5.41, 5.74) is 0. The highest BCUT2D eigenvalue weighted by Gasteiger charge is 2.10. The van der Waals surface area contributed by atoms with Gasteiger partial charge in [0, 0.05) is 6.92 Å². The lowest BCUT2D eigenvalue weighted by atomic mass is 10.3. The van der Waals surface area contributed by atoms with E-state index in [1.165, 1.54) is 6.92 Å². The second kappa shape index (κ2) is 3.45. The minimum Gasteiger partial charge on any atom is -0.460 e. The van der Waals surface area contributed by atoms with E-state index in [0.717, 1.165) is 0 Å². The van der Waals surface area contributed by atoms with Crippen LogP contribution in [0.5, 0.6) is 0 Å². The molecule has 1 N–H and O–H groups in total. The fourth-order valence-electron chi connectivity index (χ4n) is 0.360. The zero-order valence-electron chi connectivity index (χ0n) is 5.92. The molecule has 0 aliphatic heterocycles. The molecule has 0 amide bonds. The lowest BCUT2D eigenvalue weighted by Crippen LogP contribution is -2.24. The first-order chi connectivity index (χ1) is 4.04. The number of aliphatic hydroxyl groups is 1. The van der Waals surface area contributed by atoms with Crippen molar-refractivity contribution in [2.45, 2.75) is 33.0 Å². The van der Waals surface area contributed by atoms with Crippen LogP contribution in [0.25, 0.3) is 0 Å². The first kappa shape index (κ1) is 8.43. The van der Waals surface area contributed by atoms with Gasteiger partial charge in [0.05, 0.1) is 6.10 Å². The number of hydrogen-bond acceptors (Lipinski definition) is 3. The third-order valence-electron chi connectivity index (χ3n) is 1.03. The van der Waals surface area contributed by atoms with E-state index < -0.39 is 12.2 Å². The molecule has 0 bridgehead atoms. The van der Waals surface area contributed by atoms with Crippen LogP contribution in [0, 0.1) is 0 Å². The molecular weight excluding hydrogens is 120 g/mol. The van der Waals surface area contributed by atoms with Gasteiger partial charge in [-0.05, 0) is 13.8 Å². The normalized spacial score (nSPS) is 16.4. The number of carbonyl (C=O) groups excluding carboxylic acids is 1. The van der Waals surface area contributed by atoms with Crippen LogP contribution in [0.1, 0.15) is 20.8 Å². The molecule has 0 aromatic rings. The summed E-state index contributed by atoms with van der Waals surface area (Å²) in [5, 5.41) is 8.79. The molecule has 0 aliphatic carbocycles. The van der Waals surface area contributed by atoms with E-state index in [0.29, 0.717) is 0 Å². The lowest BCUT2D eigenvalue weighted by Gasteiger charge is -2.13. The number of rotatable bonds is 2. The summed E-state index contributed by atoms with van der Waals surface area (Å²) in [6.07, 6.45) is -0.989. The Hall–Kier alpha value is -0.570. The molecule has 0 saturated carbocycles. The second-order valence-corrected chi connectivity index (χ2v) is 2.06. The van der Waals surface area contributed by atoms with E-state index in [4.69, 9.17) is 5.11 Å². The molecule has 9 heavy (non-hydrogen) atoms. The molecule has 0 saturated heterocycles. The van der Waals surface area contributed by atoms with Crippen molar-refractivity contribution in [3.63, 3.8) is 0 Å². The maximum Gasteiger partial charge on any atom is 0.302 e. The molecule has 3 nitrogen and oxygen atoms in total. The van der Waals surface area contributed by atoms with Crippen molar-refractivity contribution in [2.75, 3.05) is 0 Å². The maximum atomic E-state index is 10.2. The predicted octanol–water partition coefficient (Wildman–Crippen LogP) is 0.319. The minimum atomic E-state index is -0.589. The van der Waals surface area contributed by atoms with Gasteiger partial charge in [0.1, 0.15) is 6.10 Å². The second-order valence-electron chi connectivity index (χ2n) is 2.06. The Labute approximate surface area is 54.6 Å². The molecule has 54 valence electrons. The van der Waals surface area contributed by atoms with Crippen LogP contribution in [0.15, 0.2) is 0 Å². The zero-order valence-corrected chi connectivity index (χ0v) is 5.92. The van der Waals surface area contributed by atoms with Crippen molar-refractivity contribution in [3.8, 4) is 0 Å². The van der Waals surface area contributed by atoms with Gasteiger partial charge in [-0.3, -0.25) is 4.79 Å². The van der Waals surface area contributed by atoms with Crippen molar-refractivity contribution in [1.82, 2.24) is 0 Å². The third kappa shape index (κ3) is 3.97. The zero-order chi connectivity index (χ0) is 7.44. The summed E-state index contributed by atoms with van der Waals surface area (Å²) in [6.45, 7) is 4.54. The molecular formula is C6H12O3. The average Bonchev–Trinajstić information content (AvgIpc) is 1.63. The minimum absolute atomic E-state index is 0.358. The lowest BCUT2D eigenvalue weighted by molar-refractivity contribution is -0.150. The van der Waals surface area contributed by atoms with Crippen molar-refractivity contribution in [3.05, 3.63) is 0 Å². The highest BCUT2D eigenvalue weighted by molar-refractivity contribution is 5.66. The Balaban J connectivity index is 3.50. The summed E-state index contributed by atoms with van der Waals surface area (Å²) in [7, 11) is 0. The Morgan fingerprint density at radius 2 is 2.00 bits per heavy atom. The molecule has 0 spiro atoms. The van der Waals surface area contributed by atoms with E-state index in [1.54, 1.807) is 13.8 Å². The molecule has 2 atom stereocenters. The number of hydrogen-bond donors (Lipinski definition) is 1. The molecule has 0 aliphatic rings. The quantitative estimate of drug-likeness (QED) is 0.550. The Morgan fingerprint density at radius 3 is 2.11 bits per heavy atom. The molecule has 0 unspecified atom stereocenters. The van der Waals surface area contributed by atoms with Crippen LogP contribution in [-0.2, 0) is 9.53 Å². The van der Waals surface area contributed by atoms with E-state index in [-0.39, 0.29) is 5.97 Å². The first-order valence-electron chi connectivity index (χ1n) is 2.89. The maximum absolute atomic E-state index is 10.2. The number of esters is 1. The van der Waals surface area contributed by atoms with Gasteiger partial charge in [0.15, 0.2) is 0 Å². The number of aliphatic hydroxyl groups excluding tert-OH is 1. The van der Waals surface area contributed by atoms with Crippen molar-refractivity contribution >= 4 is 5.97 Å². The standard InChI is InChI=1S/C6H12O3/c1-4(7)5(2)9-6(3)8/h4-5,7H,1-3H3/t4-,5+/m0/s1. The predicted molar refractivity (Wildman–Crippen MR) is 32.9 cm³/mol. The summed E-state index contributed by atoms with van der Waals surface area (Å²) in [5.74, 6) is -0.358. The molecule has 0 aromatic carbocycles. The highest BCUT2D eigenvalue weighted by Crippen LogP contribution is 1.96. The molecule has 0 fully saturated rings. The van der Waals surface area contributed by atoms with Gasteiger partial charge in [0.25, 0.3) is 0 Å². The van der Waals surface area contributed by atoms with E-state index in [2.05, 4.69) is 4.74 Å². The van der Waals surface area contributed by atoms with Crippen molar-refractivity contribution < 1.29 is 14.6 Å².